The van der Waals surface area contributed by atoms with Crippen molar-refractivity contribution in [2.24, 2.45) is 5.92 Å². The SMILES string of the molecule is CC1CCCN(CC[C@@H](O)CNS(=O)(=O)c2cccc3ccccc23)C1. The Bertz CT molecular complexity index is 833. The van der Waals surface area contributed by atoms with Crippen LogP contribution in [0.2, 0.25) is 0 Å². The van der Waals surface area contributed by atoms with Crippen molar-refractivity contribution in [1.82, 2.24) is 9.62 Å². The minimum absolute atomic E-state index is 0.0367. The Morgan fingerprint density at radius 2 is 2.00 bits per heavy atom. The van der Waals surface area contributed by atoms with Gasteiger partial charge >= 0.3 is 0 Å². The molecule has 0 spiro atoms. The molecule has 0 aliphatic carbocycles. The van der Waals surface area contributed by atoms with E-state index in [-0.39, 0.29) is 11.4 Å². The summed E-state index contributed by atoms with van der Waals surface area (Å²) in [5.74, 6) is 0.700. The molecule has 1 heterocycles. The molecule has 0 radical (unpaired) electrons. The van der Waals surface area contributed by atoms with E-state index in [1.54, 1.807) is 18.2 Å². The van der Waals surface area contributed by atoms with Crippen molar-refractivity contribution in [3.8, 4) is 0 Å². The maximum atomic E-state index is 12.7. The maximum absolute atomic E-state index is 12.7. The van der Waals surface area contributed by atoms with Crippen LogP contribution in [0.15, 0.2) is 47.4 Å². The van der Waals surface area contributed by atoms with E-state index in [0.717, 1.165) is 25.0 Å². The van der Waals surface area contributed by atoms with Crippen LogP contribution in [0, 0.1) is 5.92 Å². The van der Waals surface area contributed by atoms with Crippen molar-refractivity contribution in [3.63, 3.8) is 0 Å². The average molecular weight is 377 g/mol. The van der Waals surface area contributed by atoms with Crippen LogP contribution in [0.3, 0.4) is 0 Å². The molecule has 0 saturated carbocycles. The fourth-order valence-electron chi connectivity index (χ4n) is 3.64. The van der Waals surface area contributed by atoms with Gasteiger partial charge in [-0.3, -0.25) is 0 Å². The highest BCUT2D eigenvalue weighted by molar-refractivity contribution is 7.89. The number of fused-ring (bicyclic) bond motifs is 1. The lowest BCUT2D eigenvalue weighted by Gasteiger charge is -2.31. The summed E-state index contributed by atoms with van der Waals surface area (Å²) in [5.41, 5.74) is 0. The lowest BCUT2D eigenvalue weighted by atomic mass is 10.00. The quantitative estimate of drug-likeness (QED) is 0.779. The summed E-state index contributed by atoms with van der Waals surface area (Å²) in [4.78, 5) is 2.61. The highest BCUT2D eigenvalue weighted by Gasteiger charge is 2.20. The molecule has 6 heteroatoms. The minimum Gasteiger partial charge on any atom is -0.392 e. The van der Waals surface area contributed by atoms with Gasteiger partial charge in [-0.05, 0) is 43.2 Å². The van der Waals surface area contributed by atoms with Crippen molar-refractivity contribution in [2.45, 2.75) is 37.2 Å². The first-order valence-corrected chi connectivity index (χ1v) is 10.8. The second-order valence-electron chi connectivity index (χ2n) is 7.32. The third-order valence-electron chi connectivity index (χ3n) is 5.07. The molecule has 1 fully saturated rings. The minimum atomic E-state index is -3.66. The van der Waals surface area contributed by atoms with Crippen LogP contribution < -0.4 is 4.72 Å². The van der Waals surface area contributed by atoms with Crippen LogP contribution in [0.4, 0.5) is 0 Å². The largest absolute Gasteiger partial charge is 0.392 e. The number of nitrogens with one attached hydrogen (secondary N) is 1. The monoisotopic (exact) mass is 376 g/mol. The fraction of sp³-hybridized carbons (Fsp3) is 0.500. The molecule has 0 amide bonds. The molecule has 2 atom stereocenters. The van der Waals surface area contributed by atoms with Gasteiger partial charge in [-0.25, -0.2) is 13.1 Å². The third-order valence-corrected chi connectivity index (χ3v) is 6.55. The lowest BCUT2D eigenvalue weighted by molar-refractivity contribution is 0.123. The van der Waals surface area contributed by atoms with Crippen LogP contribution in [-0.2, 0) is 10.0 Å². The number of aliphatic hydroxyl groups excluding tert-OH is 1. The lowest BCUT2D eigenvalue weighted by Crippen LogP contribution is -2.38. The Kier molecular flexibility index (Phi) is 6.29. The maximum Gasteiger partial charge on any atom is 0.241 e. The molecule has 1 unspecified atom stereocenters. The van der Waals surface area contributed by atoms with Gasteiger partial charge in [0, 0.05) is 25.0 Å². The number of likely N-dealkylation sites (tertiary alicyclic amines) is 1. The number of rotatable bonds is 7. The van der Waals surface area contributed by atoms with Crippen LogP contribution in [0.25, 0.3) is 10.8 Å². The van der Waals surface area contributed by atoms with E-state index >= 15 is 0 Å². The van der Waals surface area contributed by atoms with Gasteiger partial charge in [0.25, 0.3) is 0 Å². The van der Waals surface area contributed by atoms with Crippen LogP contribution in [0.5, 0.6) is 0 Å². The van der Waals surface area contributed by atoms with E-state index in [1.807, 2.05) is 24.3 Å². The number of hydrogen-bond donors (Lipinski definition) is 2. The average Bonchev–Trinajstić information content (AvgIpc) is 2.64. The molecule has 2 aromatic rings. The highest BCUT2D eigenvalue weighted by Crippen LogP contribution is 2.22. The molecule has 0 bridgehead atoms. The van der Waals surface area contributed by atoms with Gasteiger partial charge in [0.05, 0.1) is 11.0 Å². The van der Waals surface area contributed by atoms with Crippen molar-refractivity contribution in [3.05, 3.63) is 42.5 Å². The molecule has 1 aliphatic heterocycles. The van der Waals surface area contributed by atoms with E-state index < -0.39 is 16.1 Å². The first-order chi connectivity index (χ1) is 12.5. The fourth-order valence-corrected chi connectivity index (χ4v) is 4.94. The summed E-state index contributed by atoms with van der Waals surface area (Å²) in [6, 6.07) is 12.6. The molecule has 2 N–H and O–H groups in total. The number of sulfonamides is 1. The standard InChI is InChI=1S/C20H28N2O3S/c1-16-6-5-12-22(15-16)13-11-18(23)14-21-26(24,25)20-10-4-8-17-7-2-3-9-19(17)20/h2-4,7-10,16,18,21,23H,5-6,11-15H2,1H3/t16?,18-/m1/s1. The zero-order valence-corrected chi connectivity index (χ0v) is 16.1. The zero-order valence-electron chi connectivity index (χ0n) is 15.3. The zero-order chi connectivity index (χ0) is 18.6. The number of benzene rings is 2. The predicted octanol–water partition coefficient (Wildman–Crippen LogP) is 2.60. The molecule has 3 rings (SSSR count). The summed E-state index contributed by atoms with van der Waals surface area (Å²) in [6.07, 6.45) is 2.36. The van der Waals surface area contributed by atoms with Crippen LogP contribution in [0.1, 0.15) is 26.2 Å². The van der Waals surface area contributed by atoms with Crippen LogP contribution in [-0.4, -0.2) is 50.7 Å². The predicted molar refractivity (Wildman–Crippen MR) is 105 cm³/mol. The molecule has 26 heavy (non-hydrogen) atoms. The summed E-state index contributed by atoms with van der Waals surface area (Å²) in [6.45, 7) is 5.23. The molecule has 142 valence electrons. The molecule has 1 aliphatic rings. The Morgan fingerprint density at radius 1 is 1.23 bits per heavy atom. The van der Waals surface area contributed by atoms with Gasteiger partial charge in [-0.15, -0.1) is 0 Å². The van der Waals surface area contributed by atoms with E-state index in [9.17, 15) is 13.5 Å². The van der Waals surface area contributed by atoms with Gasteiger partial charge in [-0.2, -0.15) is 0 Å². The van der Waals surface area contributed by atoms with Crippen molar-refractivity contribution in [1.29, 1.82) is 0 Å². The van der Waals surface area contributed by atoms with Gasteiger partial charge in [-0.1, -0.05) is 43.3 Å². The number of hydrogen-bond acceptors (Lipinski definition) is 4. The van der Waals surface area contributed by atoms with Crippen LogP contribution >= 0.6 is 0 Å². The van der Waals surface area contributed by atoms with E-state index in [0.29, 0.717) is 17.7 Å². The highest BCUT2D eigenvalue weighted by atomic mass is 32.2. The van der Waals surface area contributed by atoms with E-state index in [1.165, 1.54) is 12.8 Å². The first-order valence-electron chi connectivity index (χ1n) is 9.33. The van der Waals surface area contributed by atoms with Gasteiger partial charge in [0.1, 0.15) is 0 Å². The molecular formula is C20H28N2O3S. The Morgan fingerprint density at radius 3 is 2.81 bits per heavy atom. The summed E-state index contributed by atoms with van der Waals surface area (Å²) < 4.78 is 27.9. The molecular weight excluding hydrogens is 348 g/mol. The Labute approximate surface area is 156 Å². The second-order valence-corrected chi connectivity index (χ2v) is 9.06. The Hall–Kier alpha value is -1.47. The normalized spacial score (nSPS) is 20.3. The topological polar surface area (TPSA) is 69.6 Å². The van der Waals surface area contributed by atoms with Crippen molar-refractivity contribution < 1.29 is 13.5 Å². The number of piperidine rings is 1. The van der Waals surface area contributed by atoms with Crippen molar-refractivity contribution >= 4 is 20.8 Å². The summed E-state index contributed by atoms with van der Waals surface area (Å²) >= 11 is 0. The summed E-state index contributed by atoms with van der Waals surface area (Å²) in [5, 5.41) is 11.8. The number of aliphatic hydroxyl groups is 1. The van der Waals surface area contributed by atoms with Gasteiger partial charge < -0.3 is 10.0 Å². The van der Waals surface area contributed by atoms with Gasteiger partial charge in [0.15, 0.2) is 0 Å². The number of nitrogens with zero attached hydrogens (tertiary/aromatic N) is 1. The molecule has 2 aromatic carbocycles. The third kappa shape index (κ3) is 4.82. The first kappa shape index (κ1) is 19.3. The van der Waals surface area contributed by atoms with Crippen molar-refractivity contribution in [2.75, 3.05) is 26.2 Å². The summed E-state index contributed by atoms with van der Waals surface area (Å²) in [7, 11) is -3.66. The van der Waals surface area contributed by atoms with E-state index in [2.05, 4.69) is 16.5 Å². The Balaban J connectivity index is 1.57. The molecule has 5 nitrogen and oxygen atoms in total. The van der Waals surface area contributed by atoms with Gasteiger partial charge in [0.2, 0.25) is 10.0 Å². The second kappa shape index (κ2) is 8.48. The smallest absolute Gasteiger partial charge is 0.241 e. The molecule has 1 saturated heterocycles. The van der Waals surface area contributed by atoms with E-state index in [4.69, 9.17) is 0 Å². The molecule has 0 aromatic heterocycles.